The van der Waals surface area contributed by atoms with Gasteiger partial charge < -0.3 is 10.8 Å². The van der Waals surface area contributed by atoms with E-state index in [2.05, 4.69) is 6.92 Å². The highest BCUT2D eigenvalue weighted by Gasteiger charge is 2.21. The molecule has 0 radical (unpaired) electrons. The second-order valence-electron chi connectivity index (χ2n) is 5.84. The summed E-state index contributed by atoms with van der Waals surface area (Å²) in [7, 11) is 0. The van der Waals surface area contributed by atoms with E-state index in [1.807, 2.05) is 0 Å². The number of aliphatic hydroxyl groups is 1. The molecule has 2 unspecified atom stereocenters. The molecule has 0 spiro atoms. The van der Waals surface area contributed by atoms with Crippen molar-refractivity contribution in [3.05, 3.63) is 35.6 Å². The molecule has 0 amide bonds. The van der Waals surface area contributed by atoms with Crippen LogP contribution < -0.4 is 5.73 Å². The summed E-state index contributed by atoms with van der Waals surface area (Å²) in [5.41, 5.74) is 6.27. The third-order valence-electron chi connectivity index (χ3n) is 4.13. The Kier molecular flexibility index (Phi) is 9.27. The lowest BCUT2D eigenvalue weighted by molar-refractivity contribution is 0.130. The summed E-state index contributed by atoms with van der Waals surface area (Å²) in [6.45, 7) is 2.49. The SMILES string of the molecule is CCCCCCCCCC(O)C(CN)c1ccccc1F. The van der Waals surface area contributed by atoms with Gasteiger partial charge in [-0.3, -0.25) is 0 Å². The van der Waals surface area contributed by atoms with Crippen molar-refractivity contribution in [2.45, 2.75) is 70.3 Å². The van der Waals surface area contributed by atoms with Crippen LogP contribution in [0.1, 0.15) is 69.8 Å². The average Bonchev–Trinajstić information content (AvgIpc) is 2.49. The maximum absolute atomic E-state index is 13.8. The van der Waals surface area contributed by atoms with Gasteiger partial charge in [0.05, 0.1) is 6.10 Å². The maximum atomic E-state index is 13.8. The Morgan fingerprint density at radius 3 is 2.29 bits per heavy atom. The van der Waals surface area contributed by atoms with E-state index in [-0.39, 0.29) is 18.3 Å². The van der Waals surface area contributed by atoms with Crippen LogP contribution in [0.5, 0.6) is 0 Å². The van der Waals surface area contributed by atoms with Gasteiger partial charge in [0, 0.05) is 12.5 Å². The second-order valence-corrected chi connectivity index (χ2v) is 5.84. The fourth-order valence-electron chi connectivity index (χ4n) is 2.78. The number of nitrogens with two attached hydrogens (primary N) is 1. The molecule has 0 heterocycles. The topological polar surface area (TPSA) is 46.2 Å². The minimum Gasteiger partial charge on any atom is -0.392 e. The summed E-state index contributed by atoms with van der Waals surface area (Å²) in [5.74, 6) is -0.571. The van der Waals surface area contributed by atoms with Gasteiger partial charge in [-0.1, -0.05) is 70.1 Å². The van der Waals surface area contributed by atoms with Crippen molar-refractivity contribution in [3.8, 4) is 0 Å². The third kappa shape index (κ3) is 6.58. The smallest absolute Gasteiger partial charge is 0.126 e. The predicted molar refractivity (Wildman–Crippen MR) is 86.8 cm³/mol. The number of unbranched alkanes of at least 4 members (excludes halogenated alkanes) is 6. The summed E-state index contributed by atoms with van der Waals surface area (Å²) in [4.78, 5) is 0. The van der Waals surface area contributed by atoms with Crippen LogP contribution in [-0.4, -0.2) is 17.8 Å². The van der Waals surface area contributed by atoms with E-state index in [1.165, 1.54) is 38.2 Å². The first-order valence-electron chi connectivity index (χ1n) is 8.33. The van der Waals surface area contributed by atoms with Gasteiger partial charge >= 0.3 is 0 Å². The Bertz CT molecular complexity index is 383. The van der Waals surface area contributed by atoms with E-state index in [0.717, 1.165) is 12.8 Å². The van der Waals surface area contributed by atoms with E-state index in [0.29, 0.717) is 12.0 Å². The summed E-state index contributed by atoms with van der Waals surface area (Å²) < 4.78 is 13.8. The molecule has 3 N–H and O–H groups in total. The van der Waals surface area contributed by atoms with Gasteiger partial charge in [0.1, 0.15) is 5.82 Å². The lowest BCUT2D eigenvalue weighted by Crippen LogP contribution is -2.26. The third-order valence-corrected chi connectivity index (χ3v) is 4.13. The van der Waals surface area contributed by atoms with Gasteiger partial charge in [-0.2, -0.15) is 0 Å². The van der Waals surface area contributed by atoms with Crippen molar-refractivity contribution >= 4 is 0 Å². The molecule has 0 fully saturated rings. The second kappa shape index (κ2) is 10.7. The molecule has 0 aliphatic heterocycles. The minimum atomic E-state index is -0.553. The molecule has 0 aromatic heterocycles. The van der Waals surface area contributed by atoms with Crippen LogP contribution in [-0.2, 0) is 0 Å². The molecule has 1 aromatic rings. The van der Waals surface area contributed by atoms with Crippen LogP contribution in [0.2, 0.25) is 0 Å². The zero-order valence-electron chi connectivity index (χ0n) is 13.2. The number of benzene rings is 1. The van der Waals surface area contributed by atoms with E-state index in [4.69, 9.17) is 5.73 Å². The van der Waals surface area contributed by atoms with Gasteiger partial charge in [0.15, 0.2) is 0 Å². The van der Waals surface area contributed by atoms with Crippen molar-refractivity contribution in [3.63, 3.8) is 0 Å². The van der Waals surface area contributed by atoms with Crippen molar-refractivity contribution in [2.75, 3.05) is 6.54 Å². The van der Waals surface area contributed by atoms with E-state index >= 15 is 0 Å². The highest BCUT2D eigenvalue weighted by molar-refractivity contribution is 5.23. The molecule has 0 bridgehead atoms. The lowest BCUT2D eigenvalue weighted by atomic mass is 9.90. The first-order chi connectivity index (χ1) is 10.2. The summed E-state index contributed by atoms with van der Waals surface area (Å²) >= 11 is 0. The fraction of sp³-hybridized carbons (Fsp3) is 0.667. The van der Waals surface area contributed by atoms with Gasteiger partial charge in [-0.15, -0.1) is 0 Å². The van der Waals surface area contributed by atoms with E-state index in [1.54, 1.807) is 18.2 Å². The molecule has 1 rings (SSSR count). The zero-order valence-corrected chi connectivity index (χ0v) is 13.2. The Balaban J connectivity index is 2.32. The number of hydrogen-bond acceptors (Lipinski definition) is 2. The van der Waals surface area contributed by atoms with Crippen LogP contribution in [0.15, 0.2) is 24.3 Å². The van der Waals surface area contributed by atoms with Crippen LogP contribution in [0.4, 0.5) is 4.39 Å². The van der Waals surface area contributed by atoms with Crippen LogP contribution in [0.3, 0.4) is 0 Å². The molecule has 120 valence electrons. The van der Waals surface area contributed by atoms with Crippen molar-refractivity contribution < 1.29 is 9.50 Å². The Labute approximate surface area is 128 Å². The number of aliphatic hydroxyl groups excluding tert-OH is 1. The zero-order chi connectivity index (χ0) is 15.5. The van der Waals surface area contributed by atoms with Crippen molar-refractivity contribution in [2.24, 2.45) is 5.73 Å². The Morgan fingerprint density at radius 1 is 1.05 bits per heavy atom. The first-order valence-corrected chi connectivity index (χ1v) is 8.33. The van der Waals surface area contributed by atoms with Crippen LogP contribution in [0.25, 0.3) is 0 Å². The Morgan fingerprint density at radius 2 is 1.67 bits per heavy atom. The van der Waals surface area contributed by atoms with Gasteiger partial charge in [0.25, 0.3) is 0 Å². The molecular weight excluding hydrogens is 265 g/mol. The van der Waals surface area contributed by atoms with Gasteiger partial charge in [-0.25, -0.2) is 4.39 Å². The fourth-order valence-corrected chi connectivity index (χ4v) is 2.78. The predicted octanol–water partition coefficient (Wildman–Crippen LogP) is 4.37. The summed E-state index contributed by atoms with van der Waals surface area (Å²) in [6, 6.07) is 6.61. The molecular formula is C18H30FNO. The summed E-state index contributed by atoms with van der Waals surface area (Å²) in [5, 5.41) is 10.3. The van der Waals surface area contributed by atoms with E-state index < -0.39 is 6.10 Å². The standard InChI is InChI=1S/C18H30FNO/c1-2-3-4-5-6-7-8-13-18(21)16(14-20)15-11-9-10-12-17(15)19/h9-12,16,18,21H,2-8,13-14,20H2,1H3. The van der Waals surface area contributed by atoms with Crippen LogP contribution in [0, 0.1) is 5.82 Å². The highest BCUT2D eigenvalue weighted by Crippen LogP contribution is 2.25. The van der Waals surface area contributed by atoms with Crippen molar-refractivity contribution in [1.82, 2.24) is 0 Å². The molecule has 0 saturated heterocycles. The molecule has 21 heavy (non-hydrogen) atoms. The molecule has 2 nitrogen and oxygen atoms in total. The summed E-state index contributed by atoms with van der Waals surface area (Å²) in [6.07, 6.45) is 8.64. The maximum Gasteiger partial charge on any atom is 0.126 e. The molecule has 0 saturated carbocycles. The van der Waals surface area contributed by atoms with Crippen LogP contribution >= 0.6 is 0 Å². The highest BCUT2D eigenvalue weighted by atomic mass is 19.1. The molecule has 0 aliphatic carbocycles. The first kappa shape index (κ1) is 18.1. The molecule has 0 aliphatic rings. The normalized spacial score (nSPS) is 14.1. The van der Waals surface area contributed by atoms with Gasteiger partial charge in [-0.05, 0) is 18.1 Å². The quantitative estimate of drug-likeness (QED) is 0.595. The largest absolute Gasteiger partial charge is 0.392 e. The number of halogens is 1. The number of rotatable bonds is 11. The van der Waals surface area contributed by atoms with Crippen molar-refractivity contribution in [1.29, 1.82) is 0 Å². The molecule has 2 atom stereocenters. The van der Waals surface area contributed by atoms with Gasteiger partial charge in [0.2, 0.25) is 0 Å². The monoisotopic (exact) mass is 295 g/mol. The number of hydrogen-bond donors (Lipinski definition) is 2. The van der Waals surface area contributed by atoms with E-state index in [9.17, 15) is 9.50 Å². The Hall–Kier alpha value is -0.930. The minimum absolute atomic E-state index is 0.272. The molecule has 1 aromatic carbocycles. The lowest BCUT2D eigenvalue weighted by Gasteiger charge is -2.22. The average molecular weight is 295 g/mol. The molecule has 3 heteroatoms.